The summed E-state index contributed by atoms with van der Waals surface area (Å²) < 4.78 is 5.33. The molecule has 18 heavy (non-hydrogen) atoms. The molecule has 1 aromatic heterocycles. The summed E-state index contributed by atoms with van der Waals surface area (Å²) >= 11 is 0. The number of hydrogen-bond donors (Lipinski definition) is 2. The highest BCUT2D eigenvalue weighted by molar-refractivity contribution is 5.36. The van der Waals surface area contributed by atoms with Gasteiger partial charge in [-0.25, -0.2) is 9.97 Å². The van der Waals surface area contributed by atoms with E-state index in [0.29, 0.717) is 0 Å². The lowest BCUT2D eigenvalue weighted by atomic mass is 9.99. The Balaban J connectivity index is 2.00. The molecule has 1 saturated heterocycles. The molecule has 0 spiro atoms. The van der Waals surface area contributed by atoms with Crippen LogP contribution in [0.15, 0.2) is 6.07 Å². The first-order chi connectivity index (χ1) is 8.63. The van der Waals surface area contributed by atoms with Crippen molar-refractivity contribution in [2.24, 2.45) is 0 Å². The second-order valence-corrected chi connectivity index (χ2v) is 5.04. The monoisotopic (exact) mass is 250 g/mol. The van der Waals surface area contributed by atoms with Crippen molar-refractivity contribution in [3.63, 3.8) is 0 Å². The van der Waals surface area contributed by atoms with Gasteiger partial charge in [0.15, 0.2) is 0 Å². The van der Waals surface area contributed by atoms with Gasteiger partial charge in [0.05, 0.1) is 12.1 Å². The van der Waals surface area contributed by atoms with Crippen molar-refractivity contribution in [2.75, 3.05) is 32.1 Å². The Labute approximate surface area is 108 Å². The minimum Gasteiger partial charge on any atom is -0.383 e. The van der Waals surface area contributed by atoms with E-state index in [2.05, 4.69) is 20.6 Å². The van der Waals surface area contributed by atoms with Gasteiger partial charge < -0.3 is 15.4 Å². The SMILES string of the molecule is COCC1(CNc2cc(C)nc(C)n2)CCCN1. The lowest BCUT2D eigenvalue weighted by Crippen LogP contribution is -2.49. The molecule has 5 heteroatoms. The summed E-state index contributed by atoms with van der Waals surface area (Å²) in [5.41, 5.74) is 1.03. The first-order valence-electron chi connectivity index (χ1n) is 6.44. The first-order valence-corrected chi connectivity index (χ1v) is 6.44. The molecule has 2 heterocycles. The van der Waals surface area contributed by atoms with Crippen molar-refractivity contribution in [3.8, 4) is 0 Å². The molecule has 2 N–H and O–H groups in total. The van der Waals surface area contributed by atoms with Gasteiger partial charge in [0.1, 0.15) is 11.6 Å². The van der Waals surface area contributed by atoms with Crippen molar-refractivity contribution in [1.82, 2.24) is 15.3 Å². The van der Waals surface area contributed by atoms with Crippen LogP contribution in [0.5, 0.6) is 0 Å². The molecule has 1 aliphatic rings. The highest BCUT2D eigenvalue weighted by Crippen LogP contribution is 2.20. The van der Waals surface area contributed by atoms with Crippen LogP contribution in [-0.2, 0) is 4.74 Å². The number of nitrogens with one attached hydrogen (secondary N) is 2. The fourth-order valence-corrected chi connectivity index (χ4v) is 2.54. The van der Waals surface area contributed by atoms with E-state index in [1.165, 1.54) is 6.42 Å². The van der Waals surface area contributed by atoms with E-state index in [1.54, 1.807) is 7.11 Å². The molecule has 0 aliphatic carbocycles. The smallest absolute Gasteiger partial charge is 0.129 e. The van der Waals surface area contributed by atoms with Crippen LogP contribution in [0.3, 0.4) is 0 Å². The van der Waals surface area contributed by atoms with Gasteiger partial charge in [-0.2, -0.15) is 0 Å². The first kappa shape index (κ1) is 13.2. The number of aryl methyl sites for hydroxylation is 2. The van der Waals surface area contributed by atoms with E-state index in [0.717, 1.165) is 43.5 Å². The summed E-state index contributed by atoms with van der Waals surface area (Å²) in [5, 5.41) is 6.94. The Bertz CT molecular complexity index is 382. The van der Waals surface area contributed by atoms with Gasteiger partial charge in [-0.15, -0.1) is 0 Å². The molecule has 1 fully saturated rings. The fourth-order valence-electron chi connectivity index (χ4n) is 2.54. The van der Waals surface area contributed by atoms with Crippen molar-refractivity contribution in [1.29, 1.82) is 0 Å². The predicted molar refractivity (Wildman–Crippen MR) is 71.8 cm³/mol. The van der Waals surface area contributed by atoms with Gasteiger partial charge in [-0.3, -0.25) is 0 Å². The molecular weight excluding hydrogens is 228 g/mol. The van der Waals surface area contributed by atoms with Crippen LogP contribution in [0.2, 0.25) is 0 Å². The number of hydrogen-bond acceptors (Lipinski definition) is 5. The minimum absolute atomic E-state index is 0.0432. The van der Waals surface area contributed by atoms with E-state index < -0.39 is 0 Å². The van der Waals surface area contributed by atoms with Crippen LogP contribution in [0.4, 0.5) is 5.82 Å². The third-order valence-electron chi connectivity index (χ3n) is 3.33. The van der Waals surface area contributed by atoms with E-state index in [9.17, 15) is 0 Å². The molecule has 1 unspecified atom stereocenters. The zero-order valence-electron chi connectivity index (χ0n) is 11.4. The lowest BCUT2D eigenvalue weighted by Gasteiger charge is -2.29. The average molecular weight is 250 g/mol. The van der Waals surface area contributed by atoms with Crippen LogP contribution in [0.1, 0.15) is 24.4 Å². The van der Waals surface area contributed by atoms with Crippen LogP contribution in [0, 0.1) is 13.8 Å². The molecule has 0 amide bonds. The molecule has 1 atom stereocenters. The average Bonchev–Trinajstić information content (AvgIpc) is 2.75. The van der Waals surface area contributed by atoms with Crippen LogP contribution in [-0.4, -0.2) is 42.3 Å². The molecule has 0 bridgehead atoms. The summed E-state index contributed by atoms with van der Waals surface area (Å²) in [4.78, 5) is 8.67. The third kappa shape index (κ3) is 3.17. The zero-order chi connectivity index (χ0) is 13.0. The number of methoxy groups -OCH3 is 1. The fraction of sp³-hybridized carbons (Fsp3) is 0.692. The molecule has 0 aromatic carbocycles. The second kappa shape index (κ2) is 5.63. The minimum atomic E-state index is 0.0432. The Kier molecular flexibility index (Phi) is 4.14. The molecule has 0 saturated carbocycles. The van der Waals surface area contributed by atoms with Gasteiger partial charge in [0.2, 0.25) is 0 Å². The topological polar surface area (TPSA) is 59.1 Å². The lowest BCUT2D eigenvalue weighted by molar-refractivity contribution is 0.127. The van der Waals surface area contributed by atoms with Gasteiger partial charge in [-0.1, -0.05) is 0 Å². The summed E-state index contributed by atoms with van der Waals surface area (Å²) in [6.45, 7) is 6.52. The Morgan fingerprint density at radius 3 is 2.89 bits per heavy atom. The molecular formula is C13H22N4O. The molecule has 100 valence electrons. The molecule has 1 aliphatic heterocycles. The number of ether oxygens (including phenoxy) is 1. The maximum Gasteiger partial charge on any atom is 0.129 e. The highest BCUT2D eigenvalue weighted by atomic mass is 16.5. The molecule has 5 nitrogen and oxygen atoms in total. The number of aromatic nitrogens is 2. The summed E-state index contributed by atoms with van der Waals surface area (Å²) in [6, 6.07) is 1.97. The van der Waals surface area contributed by atoms with Gasteiger partial charge in [-0.05, 0) is 33.2 Å². The van der Waals surface area contributed by atoms with Crippen molar-refractivity contribution < 1.29 is 4.74 Å². The van der Waals surface area contributed by atoms with Gasteiger partial charge in [0, 0.05) is 25.4 Å². The van der Waals surface area contributed by atoms with E-state index in [-0.39, 0.29) is 5.54 Å². The van der Waals surface area contributed by atoms with Crippen molar-refractivity contribution in [2.45, 2.75) is 32.2 Å². The number of nitrogens with zero attached hydrogens (tertiary/aromatic N) is 2. The Hall–Kier alpha value is -1.20. The molecule has 0 radical (unpaired) electrons. The maximum atomic E-state index is 5.33. The quantitative estimate of drug-likeness (QED) is 0.824. The summed E-state index contributed by atoms with van der Waals surface area (Å²) in [7, 11) is 1.75. The van der Waals surface area contributed by atoms with Crippen molar-refractivity contribution in [3.05, 3.63) is 17.6 Å². The molecule has 2 rings (SSSR count). The van der Waals surface area contributed by atoms with E-state index >= 15 is 0 Å². The van der Waals surface area contributed by atoms with Crippen LogP contribution < -0.4 is 10.6 Å². The second-order valence-electron chi connectivity index (χ2n) is 5.04. The van der Waals surface area contributed by atoms with Gasteiger partial charge in [0.25, 0.3) is 0 Å². The Morgan fingerprint density at radius 2 is 2.28 bits per heavy atom. The summed E-state index contributed by atoms with van der Waals surface area (Å²) in [6.07, 6.45) is 2.34. The summed E-state index contributed by atoms with van der Waals surface area (Å²) in [5.74, 6) is 1.70. The van der Waals surface area contributed by atoms with Crippen LogP contribution in [0.25, 0.3) is 0 Å². The predicted octanol–water partition coefficient (Wildman–Crippen LogP) is 1.27. The largest absolute Gasteiger partial charge is 0.383 e. The Morgan fingerprint density at radius 1 is 1.44 bits per heavy atom. The highest BCUT2D eigenvalue weighted by Gasteiger charge is 2.33. The third-order valence-corrected chi connectivity index (χ3v) is 3.33. The van der Waals surface area contributed by atoms with Crippen molar-refractivity contribution >= 4 is 5.82 Å². The normalized spacial score (nSPS) is 23.3. The number of rotatable bonds is 5. The number of anilines is 1. The zero-order valence-corrected chi connectivity index (χ0v) is 11.4. The maximum absolute atomic E-state index is 5.33. The van der Waals surface area contributed by atoms with E-state index in [1.807, 2.05) is 19.9 Å². The van der Waals surface area contributed by atoms with Gasteiger partial charge >= 0.3 is 0 Å². The molecule has 1 aromatic rings. The standard InChI is InChI=1S/C13H22N4O/c1-10-7-12(17-11(2)16-10)14-8-13(9-18-3)5-4-6-15-13/h7,15H,4-6,8-9H2,1-3H3,(H,14,16,17). The van der Waals surface area contributed by atoms with Crippen LogP contribution >= 0.6 is 0 Å². The van der Waals surface area contributed by atoms with E-state index in [4.69, 9.17) is 4.74 Å².